The number of rotatable bonds is 9. The van der Waals surface area contributed by atoms with E-state index < -0.39 is 38.8 Å². The van der Waals surface area contributed by atoms with Crippen LogP contribution in [0.25, 0.3) is 22.2 Å². The van der Waals surface area contributed by atoms with Gasteiger partial charge in [0.25, 0.3) is 5.91 Å². The lowest BCUT2D eigenvalue weighted by Gasteiger charge is -2.37. The van der Waals surface area contributed by atoms with Crippen LogP contribution in [-0.2, 0) is 22.6 Å². The Balaban J connectivity index is 1.54. The number of hydrogen-bond acceptors (Lipinski definition) is 6. The number of likely N-dealkylation sites (tertiary alicyclic amines) is 2. The second-order valence-corrected chi connectivity index (χ2v) is 16.0. The van der Waals surface area contributed by atoms with Crippen LogP contribution < -0.4 is 5.32 Å². The van der Waals surface area contributed by atoms with Crippen molar-refractivity contribution in [2.75, 3.05) is 26.2 Å². The number of halogens is 3. The number of aromatic nitrogens is 1. The predicted molar refractivity (Wildman–Crippen MR) is 186 cm³/mol. The first-order chi connectivity index (χ1) is 23.3. The van der Waals surface area contributed by atoms with Gasteiger partial charge in [0.1, 0.15) is 0 Å². The van der Waals surface area contributed by atoms with Crippen LogP contribution in [0.5, 0.6) is 0 Å². The summed E-state index contributed by atoms with van der Waals surface area (Å²) < 4.78 is 69.4. The minimum absolute atomic E-state index is 0.0589. The summed E-state index contributed by atoms with van der Waals surface area (Å²) in [6, 6.07) is 19.2. The summed E-state index contributed by atoms with van der Waals surface area (Å²) in [5, 5.41) is 2.66. The van der Waals surface area contributed by atoms with E-state index in [-0.39, 0.29) is 33.8 Å². The number of para-hydroxylation sites is 1. The maximum Gasteiger partial charge on any atom is 0.416 e. The molecule has 3 aromatic carbocycles. The molecule has 1 aromatic heterocycles. The van der Waals surface area contributed by atoms with E-state index in [1.54, 1.807) is 32.0 Å². The van der Waals surface area contributed by atoms with E-state index in [2.05, 4.69) is 15.1 Å². The third kappa shape index (κ3) is 7.39. The number of nitrogens with zero attached hydrogens (tertiary/aromatic N) is 3. The summed E-state index contributed by atoms with van der Waals surface area (Å²) in [6.07, 6.45) is -0.302. The third-order valence-electron chi connectivity index (χ3n) is 9.94. The fraction of sp³-hybridized carbons (Fsp3) is 0.421. The number of nitrogens with one attached hydrogen (secondary N) is 1. The van der Waals surface area contributed by atoms with E-state index in [4.69, 9.17) is 4.98 Å². The van der Waals surface area contributed by atoms with Crippen molar-refractivity contribution >= 4 is 26.6 Å². The van der Waals surface area contributed by atoms with Crippen LogP contribution >= 0.6 is 0 Å². The molecule has 7 nitrogen and oxygen atoms in total. The van der Waals surface area contributed by atoms with Crippen molar-refractivity contribution < 1.29 is 26.4 Å². The highest BCUT2D eigenvalue weighted by Crippen LogP contribution is 2.38. The van der Waals surface area contributed by atoms with Crippen molar-refractivity contribution in [3.63, 3.8) is 0 Å². The van der Waals surface area contributed by atoms with Gasteiger partial charge in [0, 0.05) is 29.1 Å². The van der Waals surface area contributed by atoms with E-state index in [9.17, 15) is 26.4 Å². The highest BCUT2D eigenvalue weighted by molar-refractivity contribution is 7.92. The van der Waals surface area contributed by atoms with Gasteiger partial charge in [-0.1, -0.05) is 54.6 Å². The summed E-state index contributed by atoms with van der Waals surface area (Å²) in [5.41, 5.74) is 1.13. The zero-order valence-electron chi connectivity index (χ0n) is 28.1. The van der Waals surface area contributed by atoms with Gasteiger partial charge >= 0.3 is 6.18 Å². The number of carbonyl (C=O) groups is 1. The largest absolute Gasteiger partial charge is 0.416 e. The Morgan fingerprint density at radius 3 is 2.24 bits per heavy atom. The van der Waals surface area contributed by atoms with Crippen LogP contribution in [0, 0.1) is 0 Å². The molecule has 4 aromatic rings. The third-order valence-corrected chi connectivity index (χ3v) is 12.1. The first kappa shape index (κ1) is 35.0. The zero-order chi connectivity index (χ0) is 34.9. The average molecular weight is 693 g/mol. The van der Waals surface area contributed by atoms with Crippen LogP contribution in [0.4, 0.5) is 13.2 Å². The zero-order valence-corrected chi connectivity index (χ0v) is 28.9. The Morgan fingerprint density at radius 1 is 0.918 bits per heavy atom. The summed E-state index contributed by atoms with van der Waals surface area (Å²) in [4.78, 5) is 24.1. The summed E-state index contributed by atoms with van der Waals surface area (Å²) in [6.45, 7) is 8.98. The van der Waals surface area contributed by atoms with Crippen LogP contribution in [0.3, 0.4) is 0 Å². The molecule has 0 unspecified atom stereocenters. The maximum atomic E-state index is 14.5. The molecule has 1 atom stereocenters. The number of fused-ring (bicyclic) bond motifs is 1. The molecule has 0 spiro atoms. The Kier molecular flexibility index (Phi) is 10.2. The molecular weight excluding hydrogens is 650 g/mol. The molecule has 11 heteroatoms. The molecule has 0 radical (unpaired) electrons. The molecule has 0 saturated carbocycles. The smallest absolute Gasteiger partial charge is 0.345 e. The van der Waals surface area contributed by atoms with E-state index >= 15 is 0 Å². The van der Waals surface area contributed by atoms with Crippen LogP contribution in [-0.4, -0.2) is 66.6 Å². The lowest BCUT2D eigenvalue weighted by molar-refractivity contribution is -0.137. The molecule has 6 rings (SSSR count). The number of piperidine rings is 1. The molecule has 49 heavy (non-hydrogen) atoms. The average Bonchev–Trinajstić information content (AvgIpc) is 3.63. The fourth-order valence-electron chi connectivity index (χ4n) is 7.14. The van der Waals surface area contributed by atoms with Crippen molar-refractivity contribution in [2.45, 2.75) is 81.4 Å². The molecule has 0 aliphatic carbocycles. The SMILES string of the molecule is CC(C)S(=O)(=O)c1cccc2c(C(=O)N[C@@H](C)c3ccccc3)c(CN3CCC(N4CCCC4)CC3)c(-c3cccc(C(F)(F)F)c3)nc12. The molecule has 2 fully saturated rings. The van der Waals surface area contributed by atoms with Gasteiger partial charge in [-0.2, -0.15) is 13.2 Å². The fourth-order valence-corrected chi connectivity index (χ4v) is 8.35. The lowest BCUT2D eigenvalue weighted by Crippen LogP contribution is -2.43. The molecule has 3 heterocycles. The lowest BCUT2D eigenvalue weighted by atomic mass is 9.93. The second kappa shape index (κ2) is 14.2. The molecule has 2 aliphatic rings. The number of alkyl halides is 3. The Morgan fingerprint density at radius 2 is 1.59 bits per heavy atom. The first-order valence-corrected chi connectivity index (χ1v) is 18.6. The van der Waals surface area contributed by atoms with Crippen molar-refractivity contribution in [3.8, 4) is 11.3 Å². The minimum Gasteiger partial charge on any atom is -0.345 e. The van der Waals surface area contributed by atoms with Gasteiger partial charge in [0.2, 0.25) is 0 Å². The number of carbonyl (C=O) groups excluding carboxylic acids is 1. The predicted octanol–water partition coefficient (Wildman–Crippen LogP) is 7.65. The number of sulfone groups is 1. The number of amides is 1. The highest BCUT2D eigenvalue weighted by Gasteiger charge is 2.34. The van der Waals surface area contributed by atoms with E-state index in [0.29, 0.717) is 17.0 Å². The van der Waals surface area contributed by atoms with Gasteiger partial charge in [0.05, 0.1) is 38.5 Å². The second-order valence-electron chi connectivity index (χ2n) is 13.5. The number of benzene rings is 3. The highest BCUT2D eigenvalue weighted by atomic mass is 32.2. The Hall–Kier alpha value is -3.80. The first-order valence-electron chi connectivity index (χ1n) is 17.0. The van der Waals surface area contributed by atoms with Crippen molar-refractivity contribution in [3.05, 3.63) is 95.1 Å². The van der Waals surface area contributed by atoms with Gasteiger partial charge in [-0.05, 0) is 96.4 Å². The van der Waals surface area contributed by atoms with Crippen molar-refractivity contribution in [1.82, 2.24) is 20.1 Å². The Bertz CT molecular complexity index is 1920. The van der Waals surface area contributed by atoms with E-state index in [0.717, 1.165) is 56.7 Å². The van der Waals surface area contributed by atoms with Crippen LogP contribution in [0.2, 0.25) is 0 Å². The van der Waals surface area contributed by atoms with Gasteiger partial charge < -0.3 is 10.2 Å². The van der Waals surface area contributed by atoms with Crippen LogP contribution in [0.1, 0.15) is 79.5 Å². The number of hydrogen-bond donors (Lipinski definition) is 1. The molecule has 260 valence electrons. The summed E-state index contributed by atoms with van der Waals surface area (Å²) in [5.74, 6) is -0.446. The Labute approximate surface area is 286 Å². The standard InChI is InChI=1S/C38H43F3N4O3S/c1-25(2)49(47,48)33-16-10-15-31-34(37(46)42-26(3)27-11-5-4-6-12-27)32(24-44-21-17-30(18-22-44)45-19-7-8-20-45)35(43-36(31)33)28-13-9-14-29(23-28)38(39,40)41/h4-6,9-16,23,25-26,30H,7-8,17-22,24H2,1-3H3,(H,42,46)/t26-/m0/s1. The van der Waals surface area contributed by atoms with E-state index in [1.165, 1.54) is 25.0 Å². The van der Waals surface area contributed by atoms with Gasteiger partial charge in [-0.15, -0.1) is 0 Å². The molecular formula is C38H43F3N4O3S. The molecule has 2 aliphatic heterocycles. The van der Waals surface area contributed by atoms with Crippen LogP contribution in [0.15, 0.2) is 77.7 Å². The quantitative estimate of drug-likeness (QED) is 0.194. The minimum atomic E-state index is -4.61. The number of pyridine rings is 1. The molecule has 1 amide bonds. The molecule has 0 bridgehead atoms. The maximum absolute atomic E-state index is 14.5. The normalized spacial score (nSPS) is 17.5. The summed E-state index contributed by atoms with van der Waals surface area (Å²) >= 11 is 0. The van der Waals surface area contributed by atoms with Gasteiger partial charge in [0.15, 0.2) is 9.84 Å². The van der Waals surface area contributed by atoms with Gasteiger partial charge in [-0.3, -0.25) is 9.69 Å². The topological polar surface area (TPSA) is 82.6 Å². The van der Waals surface area contributed by atoms with Gasteiger partial charge in [-0.25, -0.2) is 13.4 Å². The monoisotopic (exact) mass is 692 g/mol. The van der Waals surface area contributed by atoms with Crippen molar-refractivity contribution in [2.24, 2.45) is 0 Å². The summed E-state index contributed by atoms with van der Waals surface area (Å²) in [7, 11) is -3.89. The molecule has 1 N–H and O–H groups in total. The van der Waals surface area contributed by atoms with E-state index in [1.807, 2.05) is 37.3 Å². The van der Waals surface area contributed by atoms with Crippen molar-refractivity contribution in [1.29, 1.82) is 0 Å². The molecule has 2 saturated heterocycles.